The van der Waals surface area contributed by atoms with Crippen LogP contribution in [0.3, 0.4) is 0 Å². The second-order valence-corrected chi connectivity index (χ2v) is 6.36. The number of carbonyl (C=O) groups is 1. The highest BCUT2D eigenvalue weighted by Gasteiger charge is 2.07. The summed E-state index contributed by atoms with van der Waals surface area (Å²) in [4.78, 5) is 12.0. The molecule has 3 aromatic rings. The number of rotatable bonds is 5. The van der Waals surface area contributed by atoms with Gasteiger partial charge in [-0.1, -0.05) is 59.8 Å². The third kappa shape index (κ3) is 4.34. The molecule has 2 aromatic carbocycles. The van der Waals surface area contributed by atoms with E-state index in [1.165, 1.54) is 0 Å². The van der Waals surface area contributed by atoms with E-state index in [9.17, 15) is 4.79 Å². The molecule has 0 fully saturated rings. The molecule has 0 spiro atoms. The predicted molar refractivity (Wildman–Crippen MR) is 97.4 cm³/mol. The smallest absolute Gasteiger partial charge is 0.256 e. The minimum absolute atomic E-state index is 0.207. The minimum Gasteiger partial charge on any atom is -0.305 e. The Morgan fingerprint density at radius 2 is 1.71 bits per heavy atom. The number of halogens is 1. The lowest BCUT2D eigenvalue weighted by atomic mass is 10.2. The normalized spacial score (nSPS) is 10.4. The molecule has 0 aliphatic rings. The van der Waals surface area contributed by atoms with Gasteiger partial charge in [-0.05, 0) is 35.9 Å². The highest BCUT2D eigenvalue weighted by molar-refractivity contribution is 7.98. The quantitative estimate of drug-likeness (QED) is 0.675. The zero-order chi connectivity index (χ0) is 16.8. The number of aromatic nitrogens is 2. The summed E-state index contributed by atoms with van der Waals surface area (Å²) >= 11 is 7.68. The summed E-state index contributed by atoms with van der Waals surface area (Å²) in [5.74, 6) is 0.927. The summed E-state index contributed by atoms with van der Waals surface area (Å²) in [5.41, 5.74) is 1.63. The lowest BCUT2D eigenvalue weighted by Crippen LogP contribution is -2.13. The van der Waals surface area contributed by atoms with Gasteiger partial charge in [0.25, 0.3) is 5.91 Å². The highest BCUT2D eigenvalue weighted by Crippen LogP contribution is 2.25. The van der Waals surface area contributed by atoms with Gasteiger partial charge in [-0.25, -0.2) is 0 Å². The molecule has 1 heterocycles. The maximum atomic E-state index is 12.0. The third-order valence-corrected chi connectivity index (χ3v) is 4.59. The Morgan fingerprint density at radius 1 is 0.958 bits per heavy atom. The molecule has 0 saturated carbocycles. The van der Waals surface area contributed by atoms with Gasteiger partial charge in [0.05, 0.1) is 0 Å². The molecular formula is C18H14ClN3OS. The first-order chi connectivity index (χ1) is 11.7. The van der Waals surface area contributed by atoms with Crippen LogP contribution < -0.4 is 5.32 Å². The first-order valence-corrected chi connectivity index (χ1v) is 8.65. The summed E-state index contributed by atoms with van der Waals surface area (Å²) in [6.07, 6.45) is 0. The van der Waals surface area contributed by atoms with E-state index in [1.807, 2.05) is 48.5 Å². The number of anilines is 1. The van der Waals surface area contributed by atoms with E-state index < -0.39 is 0 Å². The van der Waals surface area contributed by atoms with Gasteiger partial charge in [-0.15, -0.1) is 10.2 Å². The molecule has 3 rings (SSSR count). The molecule has 0 radical (unpaired) electrons. The Hall–Kier alpha value is -2.37. The summed E-state index contributed by atoms with van der Waals surface area (Å²) in [6.45, 7) is 0. The van der Waals surface area contributed by atoms with Crippen LogP contribution >= 0.6 is 23.4 Å². The Labute approximate surface area is 149 Å². The van der Waals surface area contributed by atoms with Gasteiger partial charge in [0.2, 0.25) is 0 Å². The van der Waals surface area contributed by atoms with Crippen molar-refractivity contribution in [2.24, 2.45) is 0 Å². The van der Waals surface area contributed by atoms with Crippen molar-refractivity contribution < 1.29 is 4.79 Å². The van der Waals surface area contributed by atoms with E-state index >= 15 is 0 Å². The van der Waals surface area contributed by atoms with Crippen molar-refractivity contribution >= 4 is 35.1 Å². The molecule has 1 aromatic heterocycles. The molecule has 0 saturated heterocycles. The van der Waals surface area contributed by atoms with Crippen LogP contribution in [0.1, 0.15) is 15.9 Å². The summed E-state index contributed by atoms with van der Waals surface area (Å²) < 4.78 is 0. The van der Waals surface area contributed by atoms with Crippen LogP contribution in [0.4, 0.5) is 5.82 Å². The Kier molecular flexibility index (Phi) is 5.46. The fraction of sp³-hybridized carbons (Fsp3) is 0.0556. The van der Waals surface area contributed by atoms with Crippen molar-refractivity contribution in [1.29, 1.82) is 0 Å². The van der Waals surface area contributed by atoms with Gasteiger partial charge in [-0.2, -0.15) is 0 Å². The van der Waals surface area contributed by atoms with Gasteiger partial charge < -0.3 is 5.32 Å². The SMILES string of the molecule is O=C(Nc1ccc(SCc2ccccc2Cl)nn1)c1ccccc1. The van der Waals surface area contributed by atoms with E-state index in [4.69, 9.17) is 11.6 Å². The third-order valence-electron chi connectivity index (χ3n) is 3.25. The van der Waals surface area contributed by atoms with E-state index in [0.29, 0.717) is 17.1 Å². The molecule has 120 valence electrons. The van der Waals surface area contributed by atoms with E-state index in [1.54, 1.807) is 30.0 Å². The molecule has 4 nitrogen and oxygen atoms in total. The van der Waals surface area contributed by atoms with Crippen molar-refractivity contribution in [3.63, 3.8) is 0 Å². The van der Waals surface area contributed by atoms with Gasteiger partial charge >= 0.3 is 0 Å². The molecule has 6 heteroatoms. The van der Waals surface area contributed by atoms with Crippen LogP contribution in [0.2, 0.25) is 5.02 Å². The van der Waals surface area contributed by atoms with Crippen molar-refractivity contribution in [3.05, 3.63) is 82.9 Å². The summed E-state index contributed by atoms with van der Waals surface area (Å²) in [6, 6.07) is 20.3. The zero-order valence-electron chi connectivity index (χ0n) is 12.6. The average molecular weight is 356 g/mol. The van der Waals surface area contributed by atoms with Crippen molar-refractivity contribution in [1.82, 2.24) is 10.2 Å². The number of nitrogens with one attached hydrogen (secondary N) is 1. The molecule has 0 aliphatic carbocycles. The Morgan fingerprint density at radius 3 is 2.42 bits per heavy atom. The molecule has 1 amide bonds. The van der Waals surface area contributed by atoms with Crippen molar-refractivity contribution in [3.8, 4) is 0 Å². The summed E-state index contributed by atoms with van der Waals surface area (Å²) in [5, 5.41) is 12.4. The van der Waals surface area contributed by atoms with E-state index in [-0.39, 0.29) is 5.91 Å². The largest absolute Gasteiger partial charge is 0.305 e. The number of nitrogens with zero attached hydrogens (tertiary/aromatic N) is 2. The molecule has 0 bridgehead atoms. The van der Waals surface area contributed by atoms with Crippen LogP contribution in [0.25, 0.3) is 0 Å². The zero-order valence-corrected chi connectivity index (χ0v) is 14.2. The summed E-state index contributed by atoms with van der Waals surface area (Å²) in [7, 11) is 0. The number of amides is 1. The fourth-order valence-electron chi connectivity index (χ4n) is 2.01. The number of benzene rings is 2. The predicted octanol–water partition coefficient (Wildman–Crippen LogP) is 4.67. The number of thioether (sulfide) groups is 1. The fourth-order valence-corrected chi connectivity index (χ4v) is 3.11. The van der Waals surface area contributed by atoms with Crippen molar-refractivity contribution in [2.75, 3.05) is 5.32 Å². The maximum absolute atomic E-state index is 12.0. The standard InChI is InChI=1S/C18H14ClN3OS/c19-15-9-5-4-8-14(15)12-24-17-11-10-16(21-22-17)20-18(23)13-6-2-1-3-7-13/h1-11H,12H2,(H,20,21,23). The van der Waals surface area contributed by atoms with Crippen LogP contribution in [0, 0.1) is 0 Å². The average Bonchev–Trinajstić information content (AvgIpc) is 2.63. The number of carbonyl (C=O) groups excluding carboxylic acids is 1. The van der Waals surface area contributed by atoms with E-state index in [0.717, 1.165) is 15.6 Å². The van der Waals surface area contributed by atoms with Gasteiger partial charge in [0.15, 0.2) is 5.82 Å². The first kappa shape index (κ1) is 16.5. The first-order valence-electron chi connectivity index (χ1n) is 7.29. The van der Waals surface area contributed by atoms with Gasteiger partial charge in [-0.3, -0.25) is 4.79 Å². The second kappa shape index (κ2) is 7.95. The van der Waals surface area contributed by atoms with Crippen LogP contribution in [0.15, 0.2) is 71.8 Å². The number of hydrogen-bond donors (Lipinski definition) is 1. The number of hydrogen-bond acceptors (Lipinski definition) is 4. The van der Waals surface area contributed by atoms with Crippen LogP contribution in [0.5, 0.6) is 0 Å². The second-order valence-electron chi connectivity index (χ2n) is 4.96. The highest BCUT2D eigenvalue weighted by atomic mass is 35.5. The van der Waals surface area contributed by atoms with Crippen molar-refractivity contribution in [2.45, 2.75) is 10.8 Å². The lowest BCUT2D eigenvalue weighted by Gasteiger charge is -2.05. The van der Waals surface area contributed by atoms with Crippen LogP contribution in [-0.2, 0) is 5.75 Å². The van der Waals surface area contributed by atoms with Crippen LogP contribution in [-0.4, -0.2) is 16.1 Å². The lowest BCUT2D eigenvalue weighted by molar-refractivity contribution is 0.102. The molecular weight excluding hydrogens is 342 g/mol. The minimum atomic E-state index is -0.207. The topological polar surface area (TPSA) is 54.9 Å². The molecule has 24 heavy (non-hydrogen) atoms. The Balaban J connectivity index is 1.59. The molecule has 0 aliphatic heterocycles. The van der Waals surface area contributed by atoms with Gasteiger partial charge in [0.1, 0.15) is 5.03 Å². The molecule has 0 atom stereocenters. The van der Waals surface area contributed by atoms with Gasteiger partial charge in [0, 0.05) is 16.3 Å². The van der Waals surface area contributed by atoms with E-state index in [2.05, 4.69) is 15.5 Å². The monoisotopic (exact) mass is 355 g/mol. The Bertz CT molecular complexity index is 825. The molecule has 0 unspecified atom stereocenters. The molecule has 1 N–H and O–H groups in total. The maximum Gasteiger partial charge on any atom is 0.256 e.